The van der Waals surface area contributed by atoms with Crippen molar-refractivity contribution in [3.05, 3.63) is 58.7 Å². The molecule has 0 aliphatic rings. The smallest absolute Gasteiger partial charge is 0.145 e. The van der Waals surface area contributed by atoms with Crippen molar-refractivity contribution in [3.63, 3.8) is 0 Å². The molecule has 108 valence electrons. The Hall–Kier alpha value is -2.31. The fourth-order valence-electron chi connectivity index (χ4n) is 2.08. The van der Waals surface area contributed by atoms with Gasteiger partial charge in [-0.3, -0.25) is 0 Å². The van der Waals surface area contributed by atoms with E-state index in [1.807, 2.05) is 31.2 Å². The number of rotatable bonds is 4. The van der Waals surface area contributed by atoms with Gasteiger partial charge in [0.25, 0.3) is 0 Å². The van der Waals surface area contributed by atoms with Gasteiger partial charge in [-0.2, -0.15) is 5.26 Å². The SMILES string of the molecule is Cc1ccc(C(C)C)cc1Oc1ccc(CN)cc1C#N. The van der Waals surface area contributed by atoms with Gasteiger partial charge in [-0.05, 0) is 47.7 Å². The number of hydrogen-bond acceptors (Lipinski definition) is 3. The normalized spacial score (nSPS) is 10.5. The molecule has 0 saturated carbocycles. The minimum atomic E-state index is 0.414. The lowest BCUT2D eigenvalue weighted by atomic mass is 10.0. The van der Waals surface area contributed by atoms with Gasteiger partial charge in [0.05, 0.1) is 5.56 Å². The van der Waals surface area contributed by atoms with E-state index in [-0.39, 0.29) is 0 Å². The van der Waals surface area contributed by atoms with E-state index in [4.69, 9.17) is 10.5 Å². The Morgan fingerprint density at radius 3 is 2.52 bits per heavy atom. The van der Waals surface area contributed by atoms with Crippen molar-refractivity contribution < 1.29 is 4.74 Å². The van der Waals surface area contributed by atoms with Crippen LogP contribution >= 0.6 is 0 Å². The summed E-state index contributed by atoms with van der Waals surface area (Å²) in [6, 6.07) is 13.8. The van der Waals surface area contributed by atoms with Crippen molar-refractivity contribution in [2.24, 2.45) is 5.73 Å². The average molecular weight is 280 g/mol. The molecular weight excluding hydrogens is 260 g/mol. The molecule has 0 saturated heterocycles. The van der Waals surface area contributed by atoms with Crippen LogP contribution in [-0.4, -0.2) is 0 Å². The highest BCUT2D eigenvalue weighted by molar-refractivity contribution is 5.49. The highest BCUT2D eigenvalue weighted by atomic mass is 16.5. The molecule has 2 aromatic rings. The quantitative estimate of drug-likeness (QED) is 0.911. The van der Waals surface area contributed by atoms with Crippen molar-refractivity contribution in [1.82, 2.24) is 0 Å². The molecular formula is C18H20N2O. The molecule has 3 heteroatoms. The summed E-state index contributed by atoms with van der Waals surface area (Å²) in [6.07, 6.45) is 0. The lowest BCUT2D eigenvalue weighted by Gasteiger charge is -2.13. The summed E-state index contributed by atoms with van der Waals surface area (Å²) < 4.78 is 5.96. The molecule has 0 heterocycles. The van der Waals surface area contributed by atoms with E-state index in [0.29, 0.717) is 23.8 Å². The largest absolute Gasteiger partial charge is 0.456 e. The third-order valence-electron chi connectivity index (χ3n) is 3.50. The molecule has 2 aromatic carbocycles. The Bertz CT molecular complexity index is 684. The molecule has 2 rings (SSSR count). The predicted molar refractivity (Wildman–Crippen MR) is 84.4 cm³/mol. The maximum Gasteiger partial charge on any atom is 0.145 e. The summed E-state index contributed by atoms with van der Waals surface area (Å²) in [5.74, 6) is 1.79. The summed E-state index contributed by atoms with van der Waals surface area (Å²) >= 11 is 0. The van der Waals surface area contributed by atoms with Crippen LogP contribution in [0, 0.1) is 18.3 Å². The number of ether oxygens (including phenoxy) is 1. The molecule has 0 atom stereocenters. The third kappa shape index (κ3) is 3.42. The van der Waals surface area contributed by atoms with Gasteiger partial charge in [0.1, 0.15) is 17.6 Å². The first-order chi connectivity index (χ1) is 10.0. The molecule has 0 aromatic heterocycles. The molecule has 0 aliphatic heterocycles. The summed E-state index contributed by atoms with van der Waals surface area (Å²) in [6.45, 7) is 6.70. The lowest BCUT2D eigenvalue weighted by molar-refractivity contribution is 0.476. The first-order valence-corrected chi connectivity index (χ1v) is 7.06. The van der Waals surface area contributed by atoms with Crippen LogP contribution in [0.4, 0.5) is 0 Å². The standard InChI is InChI=1S/C18H20N2O/c1-12(2)15-6-4-13(3)18(9-15)21-17-7-5-14(10-19)8-16(17)11-20/h4-9,12H,10,19H2,1-3H3. The Balaban J connectivity index is 2.38. The van der Waals surface area contributed by atoms with Crippen molar-refractivity contribution >= 4 is 0 Å². The fraction of sp³-hybridized carbons (Fsp3) is 0.278. The zero-order chi connectivity index (χ0) is 15.4. The highest BCUT2D eigenvalue weighted by Gasteiger charge is 2.09. The van der Waals surface area contributed by atoms with Gasteiger partial charge in [0, 0.05) is 6.54 Å². The zero-order valence-electron chi connectivity index (χ0n) is 12.7. The first kappa shape index (κ1) is 15.1. The molecule has 0 fully saturated rings. The van der Waals surface area contributed by atoms with E-state index in [1.165, 1.54) is 5.56 Å². The van der Waals surface area contributed by atoms with Gasteiger partial charge in [-0.15, -0.1) is 0 Å². The van der Waals surface area contributed by atoms with Crippen molar-refractivity contribution in [2.45, 2.75) is 33.2 Å². The van der Waals surface area contributed by atoms with Gasteiger partial charge in [-0.25, -0.2) is 0 Å². The van der Waals surface area contributed by atoms with E-state index < -0.39 is 0 Å². The molecule has 3 nitrogen and oxygen atoms in total. The number of benzene rings is 2. The van der Waals surface area contributed by atoms with Crippen molar-refractivity contribution in [1.29, 1.82) is 5.26 Å². The van der Waals surface area contributed by atoms with Crippen molar-refractivity contribution in [3.8, 4) is 17.6 Å². The molecule has 2 N–H and O–H groups in total. The predicted octanol–water partition coefficient (Wildman–Crippen LogP) is 4.24. The summed E-state index contributed by atoms with van der Waals surface area (Å²) in [5, 5.41) is 9.26. The summed E-state index contributed by atoms with van der Waals surface area (Å²) in [7, 11) is 0. The third-order valence-corrected chi connectivity index (χ3v) is 3.50. The Labute approximate surface area is 126 Å². The van der Waals surface area contributed by atoms with E-state index in [2.05, 4.69) is 26.0 Å². The molecule has 21 heavy (non-hydrogen) atoms. The second-order valence-electron chi connectivity index (χ2n) is 5.43. The first-order valence-electron chi connectivity index (χ1n) is 7.06. The molecule has 0 amide bonds. The highest BCUT2D eigenvalue weighted by Crippen LogP contribution is 2.30. The van der Waals surface area contributed by atoms with E-state index >= 15 is 0 Å². The van der Waals surface area contributed by atoms with Crippen LogP contribution in [0.2, 0.25) is 0 Å². The van der Waals surface area contributed by atoms with Gasteiger partial charge in [0.2, 0.25) is 0 Å². The molecule has 0 bridgehead atoms. The van der Waals surface area contributed by atoms with Crippen LogP contribution in [0.25, 0.3) is 0 Å². The van der Waals surface area contributed by atoms with Crippen LogP contribution in [-0.2, 0) is 6.54 Å². The molecule has 0 radical (unpaired) electrons. The topological polar surface area (TPSA) is 59.0 Å². The Kier molecular flexibility index (Phi) is 4.62. The number of nitrogens with zero attached hydrogens (tertiary/aromatic N) is 1. The van der Waals surface area contributed by atoms with Gasteiger partial charge in [0.15, 0.2) is 0 Å². The number of nitriles is 1. The van der Waals surface area contributed by atoms with E-state index in [0.717, 1.165) is 16.9 Å². The van der Waals surface area contributed by atoms with Crippen molar-refractivity contribution in [2.75, 3.05) is 0 Å². The summed E-state index contributed by atoms with van der Waals surface area (Å²) in [5.41, 5.74) is 9.30. The van der Waals surface area contributed by atoms with Crippen LogP contribution in [0.15, 0.2) is 36.4 Å². The van der Waals surface area contributed by atoms with Crippen LogP contribution in [0.5, 0.6) is 11.5 Å². The maximum absolute atomic E-state index is 9.26. The minimum absolute atomic E-state index is 0.414. The second kappa shape index (κ2) is 6.43. The number of aryl methyl sites for hydroxylation is 1. The van der Waals surface area contributed by atoms with Gasteiger partial charge in [-0.1, -0.05) is 32.0 Å². The zero-order valence-corrected chi connectivity index (χ0v) is 12.7. The molecule has 0 unspecified atom stereocenters. The maximum atomic E-state index is 9.26. The number of nitrogens with two attached hydrogens (primary N) is 1. The Morgan fingerprint density at radius 2 is 1.90 bits per heavy atom. The monoisotopic (exact) mass is 280 g/mol. The van der Waals surface area contributed by atoms with Gasteiger partial charge < -0.3 is 10.5 Å². The van der Waals surface area contributed by atoms with Crippen LogP contribution in [0.3, 0.4) is 0 Å². The second-order valence-corrected chi connectivity index (χ2v) is 5.43. The van der Waals surface area contributed by atoms with E-state index in [9.17, 15) is 5.26 Å². The summed E-state index contributed by atoms with van der Waals surface area (Å²) in [4.78, 5) is 0. The van der Waals surface area contributed by atoms with Crippen LogP contribution in [0.1, 0.15) is 42.0 Å². The molecule has 0 aliphatic carbocycles. The number of hydrogen-bond donors (Lipinski definition) is 1. The van der Waals surface area contributed by atoms with Crippen LogP contribution < -0.4 is 10.5 Å². The lowest BCUT2D eigenvalue weighted by Crippen LogP contribution is -1.98. The minimum Gasteiger partial charge on any atom is -0.456 e. The Morgan fingerprint density at radius 1 is 1.14 bits per heavy atom. The molecule has 0 spiro atoms. The van der Waals surface area contributed by atoms with E-state index in [1.54, 1.807) is 6.07 Å². The van der Waals surface area contributed by atoms with Gasteiger partial charge >= 0.3 is 0 Å². The fourth-order valence-corrected chi connectivity index (χ4v) is 2.08. The average Bonchev–Trinajstić information content (AvgIpc) is 2.49.